The summed E-state index contributed by atoms with van der Waals surface area (Å²) < 4.78 is 11.8. The molecular formula is C26H25BrN2O4. The van der Waals surface area contributed by atoms with Gasteiger partial charge in [0.1, 0.15) is 0 Å². The fourth-order valence-electron chi connectivity index (χ4n) is 4.39. The fraction of sp³-hybridized carbons (Fsp3) is 0.231. The summed E-state index contributed by atoms with van der Waals surface area (Å²) >= 11 is 3.46. The average molecular weight is 509 g/mol. The maximum absolute atomic E-state index is 13.8. The number of likely N-dealkylation sites (N-methyl/N-ethyl adjacent to an activating group) is 1. The van der Waals surface area contributed by atoms with Crippen molar-refractivity contribution in [3.05, 3.63) is 87.4 Å². The van der Waals surface area contributed by atoms with Crippen molar-refractivity contribution < 1.29 is 19.1 Å². The molecule has 1 N–H and O–H groups in total. The molecule has 1 aliphatic heterocycles. The highest BCUT2D eigenvalue weighted by Gasteiger charge is 2.43. The van der Waals surface area contributed by atoms with E-state index < -0.39 is 12.0 Å². The Morgan fingerprint density at radius 3 is 2.42 bits per heavy atom. The second-order valence-corrected chi connectivity index (χ2v) is 8.90. The minimum atomic E-state index is -0.620. The normalized spacial score (nSPS) is 17.4. The summed E-state index contributed by atoms with van der Waals surface area (Å²) in [6.45, 7) is 1.94. The minimum Gasteiger partial charge on any atom is -0.493 e. The van der Waals surface area contributed by atoms with Gasteiger partial charge in [-0.05, 0) is 60.0 Å². The molecule has 4 rings (SSSR count). The van der Waals surface area contributed by atoms with Crippen LogP contribution in [0, 0.1) is 6.92 Å². The van der Waals surface area contributed by atoms with Gasteiger partial charge in [-0.25, -0.2) is 0 Å². The third kappa shape index (κ3) is 4.20. The first-order chi connectivity index (χ1) is 15.8. The summed E-state index contributed by atoms with van der Waals surface area (Å²) in [6.07, 6.45) is 0. The molecule has 0 saturated heterocycles. The number of methoxy groups -OCH3 is 2. The largest absolute Gasteiger partial charge is 0.493 e. The number of nitrogens with zero attached hydrogens (tertiary/aromatic N) is 1. The zero-order chi connectivity index (χ0) is 23.7. The van der Waals surface area contributed by atoms with Gasteiger partial charge >= 0.3 is 0 Å². The Hall–Kier alpha value is -3.32. The fourth-order valence-corrected chi connectivity index (χ4v) is 4.86. The van der Waals surface area contributed by atoms with E-state index in [1.807, 2.05) is 55.5 Å². The molecule has 3 aromatic rings. The van der Waals surface area contributed by atoms with Gasteiger partial charge in [-0.3, -0.25) is 9.59 Å². The average Bonchev–Trinajstić information content (AvgIpc) is 2.82. The van der Waals surface area contributed by atoms with Crippen LogP contribution in [0.15, 0.2) is 65.1 Å². The third-order valence-corrected chi connectivity index (χ3v) is 6.55. The number of hydrogen-bond donors (Lipinski definition) is 1. The van der Waals surface area contributed by atoms with Gasteiger partial charge < -0.3 is 19.7 Å². The molecule has 1 aliphatic rings. The van der Waals surface area contributed by atoms with Gasteiger partial charge in [-0.2, -0.15) is 0 Å². The van der Waals surface area contributed by atoms with Crippen LogP contribution in [0.3, 0.4) is 0 Å². The van der Waals surface area contributed by atoms with Crippen molar-refractivity contribution >= 4 is 33.4 Å². The zero-order valence-corrected chi connectivity index (χ0v) is 20.5. The molecule has 0 unspecified atom stereocenters. The first kappa shape index (κ1) is 22.9. The molecule has 0 aliphatic carbocycles. The minimum absolute atomic E-state index is 0.130. The molecule has 2 atom stereocenters. The first-order valence-electron chi connectivity index (χ1n) is 10.5. The summed E-state index contributed by atoms with van der Waals surface area (Å²) in [5.74, 6) is 0.182. The number of carbonyl (C=O) groups is 2. The second kappa shape index (κ2) is 9.27. The Kier molecular flexibility index (Phi) is 6.42. The van der Waals surface area contributed by atoms with Gasteiger partial charge in [-0.15, -0.1) is 0 Å². The number of halogens is 1. The number of carbonyl (C=O) groups excluding carboxylic acids is 2. The zero-order valence-electron chi connectivity index (χ0n) is 18.9. The summed E-state index contributed by atoms with van der Waals surface area (Å²) in [5.41, 5.74) is 3.68. The van der Waals surface area contributed by atoms with E-state index in [0.29, 0.717) is 22.6 Å². The monoisotopic (exact) mass is 508 g/mol. The van der Waals surface area contributed by atoms with Crippen LogP contribution < -0.4 is 14.8 Å². The third-order valence-electron chi connectivity index (χ3n) is 6.06. The van der Waals surface area contributed by atoms with E-state index in [0.717, 1.165) is 21.3 Å². The van der Waals surface area contributed by atoms with Gasteiger partial charge in [0.15, 0.2) is 11.5 Å². The van der Waals surface area contributed by atoms with Crippen LogP contribution in [-0.2, 0) is 4.79 Å². The number of nitrogens with one attached hydrogen (secondary N) is 1. The highest BCUT2D eigenvalue weighted by molar-refractivity contribution is 9.10. The number of fused-ring (bicyclic) bond motifs is 1. The van der Waals surface area contributed by atoms with E-state index in [4.69, 9.17) is 9.47 Å². The Bertz CT molecular complexity index is 1230. The number of ether oxygens (including phenoxy) is 2. The lowest BCUT2D eigenvalue weighted by molar-refractivity contribution is -0.119. The van der Waals surface area contributed by atoms with Crippen molar-refractivity contribution in [1.29, 1.82) is 0 Å². The summed E-state index contributed by atoms with van der Waals surface area (Å²) in [6, 6.07) is 18.0. The number of benzene rings is 3. The highest BCUT2D eigenvalue weighted by Crippen LogP contribution is 2.44. The molecule has 0 radical (unpaired) electrons. The number of hydrogen-bond acceptors (Lipinski definition) is 4. The van der Waals surface area contributed by atoms with Crippen molar-refractivity contribution in [2.45, 2.75) is 18.9 Å². The lowest BCUT2D eigenvalue weighted by Crippen LogP contribution is -2.44. The Balaban J connectivity index is 1.83. The van der Waals surface area contributed by atoms with E-state index in [1.165, 1.54) is 0 Å². The Morgan fingerprint density at radius 2 is 1.73 bits per heavy atom. The van der Waals surface area contributed by atoms with Gasteiger partial charge in [0.25, 0.3) is 5.91 Å². The molecule has 0 aromatic heterocycles. The van der Waals surface area contributed by atoms with Gasteiger partial charge in [0, 0.05) is 22.8 Å². The van der Waals surface area contributed by atoms with Crippen LogP contribution >= 0.6 is 15.9 Å². The SMILES string of the molecule is COc1ccc([C@@H]2[C@@H](C(=O)Nc3ccc(Br)cc3C)c3ccccc3C(=O)N2C)cc1OC. The smallest absolute Gasteiger partial charge is 0.254 e. The number of anilines is 1. The van der Waals surface area contributed by atoms with Gasteiger partial charge in [0.2, 0.25) is 5.91 Å². The Morgan fingerprint density at radius 1 is 1.00 bits per heavy atom. The van der Waals surface area contributed by atoms with Gasteiger partial charge in [0.05, 0.1) is 26.2 Å². The van der Waals surface area contributed by atoms with E-state index in [1.54, 1.807) is 38.3 Å². The topological polar surface area (TPSA) is 67.9 Å². The van der Waals surface area contributed by atoms with Crippen molar-refractivity contribution in [1.82, 2.24) is 4.90 Å². The number of amides is 2. The van der Waals surface area contributed by atoms with Crippen LogP contribution in [0.25, 0.3) is 0 Å². The van der Waals surface area contributed by atoms with Crippen LogP contribution in [-0.4, -0.2) is 38.0 Å². The molecule has 2 amide bonds. The molecule has 170 valence electrons. The molecule has 0 fully saturated rings. The second-order valence-electron chi connectivity index (χ2n) is 7.99. The van der Waals surface area contributed by atoms with Crippen LogP contribution in [0.4, 0.5) is 5.69 Å². The molecule has 0 spiro atoms. The molecule has 33 heavy (non-hydrogen) atoms. The number of aryl methyl sites for hydroxylation is 1. The maximum atomic E-state index is 13.8. The summed E-state index contributed by atoms with van der Waals surface area (Å²) in [4.78, 5) is 28.6. The highest BCUT2D eigenvalue weighted by atomic mass is 79.9. The lowest BCUT2D eigenvalue weighted by Gasteiger charge is -2.40. The molecule has 0 bridgehead atoms. The summed E-state index contributed by atoms with van der Waals surface area (Å²) in [5, 5.41) is 3.08. The first-order valence-corrected chi connectivity index (χ1v) is 11.3. The van der Waals surface area contributed by atoms with Crippen LogP contribution in [0.1, 0.15) is 39.0 Å². The van der Waals surface area contributed by atoms with E-state index >= 15 is 0 Å². The van der Waals surface area contributed by atoms with Crippen molar-refractivity contribution in [3.63, 3.8) is 0 Å². The predicted molar refractivity (Wildman–Crippen MR) is 131 cm³/mol. The molecular weight excluding hydrogens is 484 g/mol. The summed E-state index contributed by atoms with van der Waals surface area (Å²) in [7, 11) is 4.86. The molecule has 0 saturated carbocycles. The molecule has 7 heteroatoms. The molecule has 1 heterocycles. The maximum Gasteiger partial charge on any atom is 0.254 e. The van der Waals surface area contributed by atoms with Crippen molar-refractivity contribution in [2.24, 2.45) is 0 Å². The van der Waals surface area contributed by atoms with Gasteiger partial charge in [-0.1, -0.05) is 40.2 Å². The standard InChI is InChI=1S/C26H25BrN2O4/c1-15-13-17(27)10-11-20(15)28-25(30)23-18-7-5-6-8-19(18)26(31)29(2)24(23)16-9-12-21(32-3)22(14-16)33-4/h5-14,23-24H,1-4H3,(H,28,30)/t23-,24+/m0/s1. The lowest BCUT2D eigenvalue weighted by atomic mass is 9.79. The molecule has 3 aromatic carbocycles. The Labute approximate surface area is 201 Å². The number of rotatable bonds is 5. The predicted octanol–water partition coefficient (Wildman–Crippen LogP) is 5.32. The van der Waals surface area contributed by atoms with Crippen LogP contribution in [0.5, 0.6) is 11.5 Å². The van der Waals surface area contributed by atoms with E-state index in [2.05, 4.69) is 21.2 Å². The molecule has 6 nitrogen and oxygen atoms in total. The van der Waals surface area contributed by atoms with E-state index in [-0.39, 0.29) is 11.8 Å². The van der Waals surface area contributed by atoms with Crippen LogP contribution in [0.2, 0.25) is 0 Å². The van der Waals surface area contributed by atoms with Crippen molar-refractivity contribution in [2.75, 3.05) is 26.6 Å². The quantitative estimate of drug-likeness (QED) is 0.506. The van der Waals surface area contributed by atoms with Crippen molar-refractivity contribution in [3.8, 4) is 11.5 Å². The van der Waals surface area contributed by atoms with E-state index in [9.17, 15) is 9.59 Å².